The lowest BCUT2D eigenvalue weighted by atomic mass is 9.83. The number of aliphatic hydroxyl groups excluding tert-OH is 1. The van der Waals surface area contributed by atoms with E-state index in [0.717, 1.165) is 19.4 Å². The average Bonchev–Trinajstić information content (AvgIpc) is 2.70. The Bertz CT molecular complexity index is 213. The summed E-state index contributed by atoms with van der Waals surface area (Å²) in [7, 11) is 0. The van der Waals surface area contributed by atoms with E-state index >= 15 is 0 Å². The van der Waals surface area contributed by atoms with Gasteiger partial charge in [0.15, 0.2) is 0 Å². The summed E-state index contributed by atoms with van der Waals surface area (Å²) < 4.78 is 0. The lowest BCUT2D eigenvalue weighted by Gasteiger charge is -2.32. The fraction of sp³-hybridized carbons (Fsp3) is 1.00. The fourth-order valence-electron chi connectivity index (χ4n) is 2.98. The molecule has 0 radical (unpaired) electrons. The van der Waals surface area contributed by atoms with Gasteiger partial charge in [-0.25, -0.2) is 0 Å². The van der Waals surface area contributed by atoms with Gasteiger partial charge in [-0.15, -0.1) is 0 Å². The van der Waals surface area contributed by atoms with Crippen LogP contribution in [-0.2, 0) is 0 Å². The number of hydrogen-bond acceptors (Lipinski definition) is 3. The van der Waals surface area contributed by atoms with Gasteiger partial charge in [0.2, 0.25) is 0 Å². The molecule has 3 heteroatoms. The topological polar surface area (TPSA) is 44.3 Å². The SMILES string of the molecule is CCC(CC)(CO)CNC(C)CC1CCCCCN1. The van der Waals surface area contributed by atoms with Crippen molar-refractivity contribution in [3.63, 3.8) is 0 Å². The van der Waals surface area contributed by atoms with Crippen LogP contribution in [0.25, 0.3) is 0 Å². The molecule has 0 aromatic heterocycles. The predicted molar refractivity (Wildman–Crippen MR) is 82.4 cm³/mol. The summed E-state index contributed by atoms with van der Waals surface area (Å²) in [5.74, 6) is 0. The first-order valence-electron chi connectivity index (χ1n) is 8.23. The van der Waals surface area contributed by atoms with Crippen LogP contribution < -0.4 is 10.6 Å². The maximum absolute atomic E-state index is 9.60. The second-order valence-corrected chi connectivity index (χ2v) is 6.38. The molecule has 1 heterocycles. The van der Waals surface area contributed by atoms with Crippen LogP contribution >= 0.6 is 0 Å². The Labute approximate surface area is 119 Å². The van der Waals surface area contributed by atoms with Crippen molar-refractivity contribution in [2.45, 2.75) is 77.8 Å². The van der Waals surface area contributed by atoms with Gasteiger partial charge >= 0.3 is 0 Å². The molecule has 0 saturated carbocycles. The summed E-state index contributed by atoms with van der Waals surface area (Å²) in [4.78, 5) is 0. The zero-order valence-electron chi connectivity index (χ0n) is 13.2. The van der Waals surface area contributed by atoms with Gasteiger partial charge in [0.05, 0.1) is 0 Å². The Balaban J connectivity index is 2.31. The lowest BCUT2D eigenvalue weighted by Crippen LogP contribution is -2.43. The van der Waals surface area contributed by atoms with E-state index in [0.29, 0.717) is 18.7 Å². The molecule has 3 nitrogen and oxygen atoms in total. The van der Waals surface area contributed by atoms with Crippen LogP contribution in [0.4, 0.5) is 0 Å². The maximum atomic E-state index is 9.60. The molecule has 1 rings (SSSR count). The summed E-state index contributed by atoms with van der Waals surface area (Å²) in [6.07, 6.45) is 8.69. The van der Waals surface area contributed by atoms with Crippen LogP contribution in [0.1, 0.15) is 65.7 Å². The highest BCUT2D eigenvalue weighted by Gasteiger charge is 2.26. The minimum absolute atomic E-state index is 0.0745. The summed E-state index contributed by atoms with van der Waals surface area (Å²) in [5.41, 5.74) is 0.0745. The molecule has 0 aromatic carbocycles. The summed E-state index contributed by atoms with van der Waals surface area (Å²) in [5, 5.41) is 16.9. The molecule has 0 aromatic rings. The molecule has 0 spiro atoms. The highest BCUT2D eigenvalue weighted by Crippen LogP contribution is 2.24. The Hall–Kier alpha value is -0.120. The van der Waals surface area contributed by atoms with Crippen molar-refractivity contribution in [3.05, 3.63) is 0 Å². The van der Waals surface area contributed by atoms with Crippen molar-refractivity contribution in [2.75, 3.05) is 19.7 Å². The maximum Gasteiger partial charge on any atom is 0.0499 e. The van der Waals surface area contributed by atoms with Gasteiger partial charge in [-0.3, -0.25) is 0 Å². The van der Waals surface area contributed by atoms with Crippen LogP contribution in [0.3, 0.4) is 0 Å². The van der Waals surface area contributed by atoms with Crippen molar-refractivity contribution in [3.8, 4) is 0 Å². The quantitative estimate of drug-likeness (QED) is 0.635. The normalized spacial score (nSPS) is 23.1. The third-order valence-corrected chi connectivity index (χ3v) is 4.96. The van der Waals surface area contributed by atoms with E-state index in [9.17, 15) is 5.11 Å². The second kappa shape index (κ2) is 8.93. The van der Waals surface area contributed by atoms with Crippen LogP contribution in [0.2, 0.25) is 0 Å². The smallest absolute Gasteiger partial charge is 0.0499 e. The average molecular weight is 270 g/mol. The number of nitrogens with one attached hydrogen (secondary N) is 2. The van der Waals surface area contributed by atoms with E-state index < -0.39 is 0 Å². The van der Waals surface area contributed by atoms with E-state index in [-0.39, 0.29) is 5.41 Å². The van der Waals surface area contributed by atoms with E-state index in [1.165, 1.54) is 38.6 Å². The van der Waals surface area contributed by atoms with Gasteiger partial charge in [0.1, 0.15) is 0 Å². The first-order valence-corrected chi connectivity index (χ1v) is 8.23. The molecule has 0 bridgehead atoms. The highest BCUT2D eigenvalue weighted by molar-refractivity contribution is 4.82. The van der Waals surface area contributed by atoms with Crippen LogP contribution in [0, 0.1) is 5.41 Å². The molecular formula is C16H34N2O. The molecule has 1 aliphatic rings. The van der Waals surface area contributed by atoms with Crippen molar-refractivity contribution in [1.82, 2.24) is 10.6 Å². The summed E-state index contributed by atoms with van der Waals surface area (Å²) in [6, 6.07) is 1.21. The van der Waals surface area contributed by atoms with Gasteiger partial charge in [-0.1, -0.05) is 26.7 Å². The largest absolute Gasteiger partial charge is 0.396 e. The van der Waals surface area contributed by atoms with Crippen molar-refractivity contribution in [1.29, 1.82) is 0 Å². The molecule has 114 valence electrons. The Morgan fingerprint density at radius 2 is 2.00 bits per heavy atom. The predicted octanol–water partition coefficient (Wildman–Crippen LogP) is 2.69. The third kappa shape index (κ3) is 5.80. The fourth-order valence-corrected chi connectivity index (χ4v) is 2.98. The number of rotatable bonds is 8. The van der Waals surface area contributed by atoms with Crippen LogP contribution in [-0.4, -0.2) is 36.9 Å². The molecule has 0 aliphatic carbocycles. The van der Waals surface area contributed by atoms with E-state index in [4.69, 9.17) is 0 Å². The zero-order valence-corrected chi connectivity index (χ0v) is 13.2. The standard InChI is InChI=1S/C16H34N2O/c1-4-16(5-2,13-19)12-18-14(3)11-15-9-7-6-8-10-17-15/h14-15,17-19H,4-13H2,1-3H3. The van der Waals surface area contributed by atoms with E-state index in [2.05, 4.69) is 31.4 Å². The minimum atomic E-state index is 0.0745. The van der Waals surface area contributed by atoms with Gasteiger partial charge in [0.25, 0.3) is 0 Å². The number of aliphatic hydroxyl groups is 1. The third-order valence-electron chi connectivity index (χ3n) is 4.96. The molecule has 1 aliphatic heterocycles. The molecule has 2 atom stereocenters. The van der Waals surface area contributed by atoms with Crippen molar-refractivity contribution >= 4 is 0 Å². The molecular weight excluding hydrogens is 236 g/mol. The van der Waals surface area contributed by atoms with Gasteiger partial charge in [0, 0.05) is 30.7 Å². The van der Waals surface area contributed by atoms with E-state index in [1.807, 2.05) is 0 Å². The van der Waals surface area contributed by atoms with Crippen LogP contribution in [0.5, 0.6) is 0 Å². The molecule has 3 N–H and O–H groups in total. The molecule has 1 fully saturated rings. The molecule has 2 unspecified atom stereocenters. The van der Waals surface area contributed by atoms with E-state index in [1.54, 1.807) is 0 Å². The molecule has 19 heavy (non-hydrogen) atoms. The Morgan fingerprint density at radius 3 is 2.63 bits per heavy atom. The summed E-state index contributed by atoms with van der Waals surface area (Å²) >= 11 is 0. The van der Waals surface area contributed by atoms with Crippen molar-refractivity contribution in [2.24, 2.45) is 5.41 Å². The second-order valence-electron chi connectivity index (χ2n) is 6.38. The Kier molecular flexibility index (Phi) is 7.96. The lowest BCUT2D eigenvalue weighted by molar-refractivity contribution is 0.109. The molecule has 1 saturated heterocycles. The zero-order chi connectivity index (χ0) is 14.1. The first-order chi connectivity index (χ1) is 9.15. The first kappa shape index (κ1) is 16.9. The minimum Gasteiger partial charge on any atom is -0.396 e. The monoisotopic (exact) mass is 270 g/mol. The van der Waals surface area contributed by atoms with Gasteiger partial charge in [-0.2, -0.15) is 0 Å². The molecule has 0 amide bonds. The van der Waals surface area contributed by atoms with Gasteiger partial charge in [-0.05, 0) is 45.6 Å². The number of hydrogen-bond donors (Lipinski definition) is 3. The summed E-state index contributed by atoms with van der Waals surface area (Å²) in [6.45, 7) is 9.05. The highest BCUT2D eigenvalue weighted by atomic mass is 16.3. The van der Waals surface area contributed by atoms with Crippen LogP contribution in [0.15, 0.2) is 0 Å². The van der Waals surface area contributed by atoms with Gasteiger partial charge < -0.3 is 15.7 Å². The Morgan fingerprint density at radius 1 is 1.26 bits per heavy atom. The van der Waals surface area contributed by atoms with Crippen molar-refractivity contribution < 1.29 is 5.11 Å².